The monoisotopic (exact) mass is 274 g/mol. The normalized spacial score (nSPS) is 10.8. The van der Waals surface area contributed by atoms with Crippen molar-refractivity contribution in [3.05, 3.63) is 28.2 Å². The molecule has 0 saturated carbocycles. The number of aryl methyl sites for hydroxylation is 1. The molecule has 0 saturated heterocycles. The van der Waals surface area contributed by atoms with E-state index in [1.165, 1.54) is 9.75 Å². The fourth-order valence-electron chi connectivity index (χ4n) is 1.82. The van der Waals surface area contributed by atoms with E-state index in [1.807, 2.05) is 0 Å². The molecular formula is C12H14N6S. The van der Waals surface area contributed by atoms with Crippen LogP contribution >= 0.6 is 11.3 Å². The number of H-pyrrole nitrogens is 1. The van der Waals surface area contributed by atoms with E-state index in [0.29, 0.717) is 11.6 Å². The van der Waals surface area contributed by atoms with E-state index in [1.54, 1.807) is 24.7 Å². The van der Waals surface area contributed by atoms with Gasteiger partial charge in [-0.1, -0.05) is 0 Å². The predicted octanol–water partition coefficient (Wildman–Crippen LogP) is 2.38. The zero-order valence-electron chi connectivity index (χ0n) is 10.7. The topological polar surface area (TPSA) is 78.5 Å². The second-order valence-electron chi connectivity index (χ2n) is 4.11. The van der Waals surface area contributed by atoms with E-state index >= 15 is 0 Å². The molecule has 0 fully saturated rings. The lowest BCUT2D eigenvalue weighted by molar-refractivity contribution is 1.11. The molecule has 3 rings (SSSR count). The maximum absolute atomic E-state index is 4.41. The molecule has 98 valence electrons. The van der Waals surface area contributed by atoms with E-state index in [9.17, 15) is 0 Å². The van der Waals surface area contributed by atoms with Crippen LogP contribution in [0, 0.1) is 6.92 Å². The maximum Gasteiger partial charge on any atom is 0.226 e. The van der Waals surface area contributed by atoms with Gasteiger partial charge in [0.25, 0.3) is 0 Å². The number of nitrogens with zero attached hydrogens (tertiary/aromatic N) is 3. The number of aromatic amines is 1. The number of fused-ring (bicyclic) bond motifs is 1. The fourth-order valence-corrected chi connectivity index (χ4v) is 2.65. The van der Waals surface area contributed by atoms with Crippen molar-refractivity contribution in [1.29, 1.82) is 0 Å². The predicted molar refractivity (Wildman–Crippen MR) is 77.6 cm³/mol. The summed E-state index contributed by atoms with van der Waals surface area (Å²) >= 11 is 1.78. The Labute approximate surface area is 114 Å². The van der Waals surface area contributed by atoms with Crippen LogP contribution in [-0.2, 0) is 6.54 Å². The summed E-state index contributed by atoms with van der Waals surface area (Å²) < 4.78 is 0. The molecule has 0 aromatic carbocycles. The van der Waals surface area contributed by atoms with Crippen LogP contribution in [0.3, 0.4) is 0 Å². The fraction of sp³-hybridized carbons (Fsp3) is 0.250. The number of hydrogen-bond donors (Lipinski definition) is 3. The van der Waals surface area contributed by atoms with Crippen molar-refractivity contribution in [2.45, 2.75) is 13.5 Å². The van der Waals surface area contributed by atoms with Gasteiger partial charge in [-0.3, -0.25) is 0 Å². The number of nitrogens with one attached hydrogen (secondary N) is 3. The van der Waals surface area contributed by atoms with Crippen molar-refractivity contribution in [3.8, 4) is 0 Å². The largest absolute Gasteiger partial charge is 0.363 e. The molecule has 0 radical (unpaired) electrons. The molecule has 0 spiro atoms. The van der Waals surface area contributed by atoms with Gasteiger partial charge < -0.3 is 15.6 Å². The van der Waals surface area contributed by atoms with Crippen molar-refractivity contribution in [3.63, 3.8) is 0 Å². The molecule has 0 aliphatic heterocycles. The van der Waals surface area contributed by atoms with Gasteiger partial charge in [0.05, 0.1) is 12.9 Å². The Hall–Kier alpha value is -2.15. The Morgan fingerprint density at radius 1 is 1.32 bits per heavy atom. The first-order chi connectivity index (χ1) is 9.26. The summed E-state index contributed by atoms with van der Waals surface area (Å²) in [6.07, 6.45) is 1.62. The first kappa shape index (κ1) is 11.9. The summed E-state index contributed by atoms with van der Waals surface area (Å²) in [6, 6.07) is 4.24. The third kappa shape index (κ3) is 2.37. The zero-order valence-corrected chi connectivity index (χ0v) is 11.5. The highest BCUT2D eigenvalue weighted by atomic mass is 32.1. The molecule has 0 aliphatic rings. The molecule has 3 N–H and O–H groups in total. The molecule has 19 heavy (non-hydrogen) atoms. The Bertz CT molecular complexity index is 701. The van der Waals surface area contributed by atoms with Gasteiger partial charge >= 0.3 is 0 Å². The summed E-state index contributed by atoms with van der Waals surface area (Å²) in [7, 11) is 1.79. The van der Waals surface area contributed by atoms with Gasteiger partial charge in [0.15, 0.2) is 11.5 Å². The smallest absolute Gasteiger partial charge is 0.226 e. The number of rotatable bonds is 4. The first-order valence-electron chi connectivity index (χ1n) is 5.94. The zero-order chi connectivity index (χ0) is 13.2. The lowest BCUT2D eigenvalue weighted by Gasteiger charge is -2.06. The highest BCUT2D eigenvalue weighted by molar-refractivity contribution is 7.11. The second kappa shape index (κ2) is 4.85. The average molecular weight is 274 g/mol. The van der Waals surface area contributed by atoms with Crippen molar-refractivity contribution < 1.29 is 0 Å². The summed E-state index contributed by atoms with van der Waals surface area (Å²) in [5.41, 5.74) is 1.48. The van der Waals surface area contributed by atoms with E-state index < -0.39 is 0 Å². The Kier molecular flexibility index (Phi) is 3.04. The minimum absolute atomic E-state index is 0.560. The molecule has 0 unspecified atom stereocenters. The number of thiophene rings is 1. The standard InChI is InChI=1S/C12H14N6S/c1-7-3-4-8(19-7)5-14-10-9-11(16-6-15-9)18-12(13-2)17-10/h3-4,6H,5H2,1-2H3,(H3,13,14,15,16,17,18). The first-order valence-corrected chi connectivity index (χ1v) is 6.76. The molecular weight excluding hydrogens is 260 g/mol. The third-order valence-electron chi connectivity index (χ3n) is 2.74. The van der Waals surface area contributed by atoms with Crippen LogP contribution in [0.1, 0.15) is 9.75 Å². The van der Waals surface area contributed by atoms with E-state index in [-0.39, 0.29) is 0 Å². The minimum Gasteiger partial charge on any atom is -0.363 e. The lowest BCUT2D eigenvalue weighted by Crippen LogP contribution is -2.04. The number of aromatic nitrogens is 4. The Balaban J connectivity index is 1.88. The van der Waals surface area contributed by atoms with E-state index in [0.717, 1.165) is 17.9 Å². The van der Waals surface area contributed by atoms with Gasteiger partial charge in [-0.05, 0) is 19.1 Å². The van der Waals surface area contributed by atoms with Gasteiger partial charge in [0.2, 0.25) is 5.95 Å². The molecule has 7 heteroatoms. The summed E-state index contributed by atoms with van der Waals surface area (Å²) in [4.78, 5) is 18.5. The van der Waals surface area contributed by atoms with Crippen LogP contribution in [0.5, 0.6) is 0 Å². The van der Waals surface area contributed by atoms with E-state index in [2.05, 4.69) is 49.6 Å². The van der Waals surface area contributed by atoms with Crippen LogP contribution < -0.4 is 10.6 Å². The highest BCUT2D eigenvalue weighted by Crippen LogP contribution is 2.21. The molecule has 3 aromatic rings. The molecule has 0 bridgehead atoms. The van der Waals surface area contributed by atoms with Gasteiger partial charge in [-0.25, -0.2) is 4.98 Å². The van der Waals surface area contributed by atoms with Crippen LogP contribution in [0.4, 0.5) is 11.8 Å². The van der Waals surface area contributed by atoms with Gasteiger partial charge in [-0.2, -0.15) is 9.97 Å². The Morgan fingerprint density at radius 3 is 2.95 bits per heavy atom. The van der Waals surface area contributed by atoms with Crippen molar-refractivity contribution in [1.82, 2.24) is 19.9 Å². The van der Waals surface area contributed by atoms with Crippen molar-refractivity contribution >= 4 is 34.3 Å². The van der Waals surface area contributed by atoms with E-state index in [4.69, 9.17) is 0 Å². The SMILES string of the molecule is CNc1nc(NCc2ccc(C)s2)c2[nH]cnc2n1. The average Bonchev–Trinajstić information content (AvgIpc) is 3.04. The molecule has 0 aliphatic carbocycles. The third-order valence-corrected chi connectivity index (χ3v) is 3.74. The van der Waals surface area contributed by atoms with Crippen LogP contribution in [0.15, 0.2) is 18.5 Å². The summed E-state index contributed by atoms with van der Waals surface area (Å²) in [5.74, 6) is 1.32. The lowest BCUT2D eigenvalue weighted by atomic mass is 10.4. The van der Waals surface area contributed by atoms with Crippen molar-refractivity contribution in [2.24, 2.45) is 0 Å². The van der Waals surface area contributed by atoms with Crippen LogP contribution in [0.2, 0.25) is 0 Å². The van der Waals surface area contributed by atoms with Gasteiger partial charge in [-0.15, -0.1) is 11.3 Å². The second-order valence-corrected chi connectivity index (χ2v) is 5.49. The van der Waals surface area contributed by atoms with Crippen LogP contribution in [0.25, 0.3) is 11.2 Å². The Morgan fingerprint density at radius 2 is 2.21 bits per heavy atom. The maximum atomic E-state index is 4.41. The minimum atomic E-state index is 0.560. The number of hydrogen-bond acceptors (Lipinski definition) is 6. The quantitative estimate of drug-likeness (QED) is 0.681. The van der Waals surface area contributed by atoms with Gasteiger partial charge in [0, 0.05) is 16.8 Å². The summed E-state index contributed by atoms with van der Waals surface area (Å²) in [6.45, 7) is 2.85. The highest BCUT2D eigenvalue weighted by Gasteiger charge is 2.09. The van der Waals surface area contributed by atoms with Gasteiger partial charge in [0.1, 0.15) is 5.52 Å². The molecule has 3 aromatic heterocycles. The van der Waals surface area contributed by atoms with Crippen LogP contribution in [-0.4, -0.2) is 27.0 Å². The van der Waals surface area contributed by atoms with Crippen molar-refractivity contribution in [2.75, 3.05) is 17.7 Å². The molecule has 6 nitrogen and oxygen atoms in total. The molecule has 3 heterocycles. The number of imidazole rings is 1. The molecule has 0 amide bonds. The summed E-state index contributed by atoms with van der Waals surface area (Å²) in [5, 5.41) is 6.26. The number of anilines is 2. The molecule has 0 atom stereocenters.